The Morgan fingerprint density at radius 2 is 1.95 bits per heavy atom. The molecule has 2 aromatic heterocycles. The fourth-order valence-electron chi connectivity index (χ4n) is 1.79. The Morgan fingerprint density at radius 3 is 2.42 bits per heavy atom. The fraction of sp³-hybridized carbons (Fsp3) is 0.462. The van der Waals surface area contributed by atoms with Crippen molar-refractivity contribution in [2.45, 2.75) is 26.2 Å². The molecule has 0 saturated heterocycles. The Kier molecular flexibility index (Phi) is 3.62. The van der Waals surface area contributed by atoms with E-state index in [1.807, 2.05) is 24.9 Å². The molecule has 0 unspecified atom stereocenters. The summed E-state index contributed by atoms with van der Waals surface area (Å²) in [5.74, 6) is 2.16. The van der Waals surface area contributed by atoms with Crippen molar-refractivity contribution in [2.75, 3.05) is 12.4 Å². The molecule has 1 N–H and O–H groups in total. The molecule has 0 saturated carbocycles. The number of aryl methyl sites for hydroxylation is 1. The van der Waals surface area contributed by atoms with Crippen LogP contribution in [0.4, 0.5) is 5.82 Å². The van der Waals surface area contributed by atoms with Crippen molar-refractivity contribution in [1.29, 1.82) is 0 Å². The highest BCUT2D eigenvalue weighted by Crippen LogP contribution is 2.33. The minimum atomic E-state index is -0.0761. The van der Waals surface area contributed by atoms with Crippen LogP contribution in [0, 0.1) is 0 Å². The van der Waals surface area contributed by atoms with Crippen LogP contribution >= 0.6 is 15.9 Å². The van der Waals surface area contributed by atoms with Crippen molar-refractivity contribution in [3.63, 3.8) is 0 Å². The van der Waals surface area contributed by atoms with Crippen molar-refractivity contribution >= 4 is 21.7 Å². The quantitative estimate of drug-likeness (QED) is 0.923. The van der Waals surface area contributed by atoms with Crippen molar-refractivity contribution in [3.8, 4) is 11.6 Å². The van der Waals surface area contributed by atoms with E-state index in [1.54, 1.807) is 6.20 Å². The molecule has 2 rings (SSSR count). The fourth-order valence-corrected chi connectivity index (χ4v) is 2.76. The maximum absolute atomic E-state index is 4.67. The van der Waals surface area contributed by atoms with E-state index in [4.69, 9.17) is 0 Å². The molecule has 0 aliphatic carbocycles. The summed E-state index contributed by atoms with van der Waals surface area (Å²) in [4.78, 5) is 13.5. The second-order valence-electron chi connectivity index (χ2n) is 5.42. The summed E-state index contributed by atoms with van der Waals surface area (Å²) in [6.07, 6.45) is 3.63. The average Bonchev–Trinajstić information content (AvgIpc) is 2.74. The molecule has 0 aliphatic heterocycles. The smallest absolute Gasteiger partial charge is 0.198 e. The predicted molar refractivity (Wildman–Crippen MR) is 80.2 cm³/mol. The van der Waals surface area contributed by atoms with Gasteiger partial charge in [-0.05, 0) is 15.9 Å². The van der Waals surface area contributed by atoms with Crippen LogP contribution < -0.4 is 5.32 Å². The molecule has 0 spiro atoms. The lowest BCUT2D eigenvalue weighted by Gasteiger charge is -2.21. The van der Waals surface area contributed by atoms with Gasteiger partial charge in [0.2, 0.25) is 0 Å². The van der Waals surface area contributed by atoms with E-state index in [2.05, 4.69) is 57.0 Å². The second kappa shape index (κ2) is 4.92. The van der Waals surface area contributed by atoms with Crippen molar-refractivity contribution in [3.05, 3.63) is 22.6 Å². The maximum Gasteiger partial charge on any atom is 0.198 e. The van der Waals surface area contributed by atoms with Crippen LogP contribution in [0.25, 0.3) is 11.6 Å². The largest absolute Gasteiger partial charge is 0.372 e. The number of halogens is 1. The number of imidazole rings is 1. The predicted octanol–water partition coefficient (Wildman–Crippen LogP) is 2.98. The van der Waals surface area contributed by atoms with Crippen LogP contribution in [0.3, 0.4) is 0 Å². The van der Waals surface area contributed by atoms with Gasteiger partial charge in [0, 0.05) is 31.9 Å². The van der Waals surface area contributed by atoms with Crippen LogP contribution in [-0.4, -0.2) is 26.6 Å². The maximum atomic E-state index is 4.67. The highest BCUT2D eigenvalue weighted by atomic mass is 79.9. The molecule has 2 aromatic rings. The molecule has 5 nitrogen and oxygen atoms in total. The molecule has 19 heavy (non-hydrogen) atoms. The lowest BCUT2D eigenvalue weighted by atomic mass is 9.92. The zero-order valence-corrected chi connectivity index (χ0v) is 13.4. The lowest BCUT2D eigenvalue weighted by molar-refractivity contribution is 0.564. The number of nitrogens with one attached hydrogen (secondary N) is 1. The third kappa shape index (κ3) is 2.63. The molecule has 0 bridgehead atoms. The highest BCUT2D eigenvalue weighted by Gasteiger charge is 2.24. The molecule has 0 aliphatic rings. The van der Waals surface area contributed by atoms with Gasteiger partial charge in [0.25, 0.3) is 0 Å². The first kappa shape index (κ1) is 14.0. The Bertz CT molecular complexity index is 598. The van der Waals surface area contributed by atoms with Crippen LogP contribution in [-0.2, 0) is 12.5 Å². The molecule has 0 radical (unpaired) electrons. The monoisotopic (exact) mass is 323 g/mol. The molecule has 102 valence electrons. The second-order valence-corrected chi connectivity index (χ2v) is 6.21. The molecular formula is C13H18BrN5. The van der Waals surface area contributed by atoms with Gasteiger partial charge in [0.05, 0.1) is 10.2 Å². The minimum absolute atomic E-state index is 0.0761. The van der Waals surface area contributed by atoms with E-state index in [0.717, 1.165) is 21.8 Å². The number of aromatic nitrogens is 4. The summed E-state index contributed by atoms with van der Waals surface area (Å²) in [5.41, 5.74) is 0.887. The molecule has 0 fully saturated rings. The number of rotatable bonds is 2. The summed E-state index contributed by atoms with van der Waals surface area (Å²) in [6, 6.07) is 0. The number of hydrogen-bond donors (Lipinski definition) is 1. The van der Waals surface area contributed by atoms with Crippen LogP contribution in [0.15, 0.2) is 16.9 Å². The van der Waals surface area contributed by atoms with Gasteiger partial charge in [-0.1, -0.05) is 20.8 Å². The Balaban J connectivity index is 2.68. The van der Waals surface area contributed by atoms with E-state index < -0.39 is 0 Å². The van der Waals surface area contributed by atoms with E-state index in [9.17, 15) is 0 Å². The molecule has 0 amide bonds. The molecule has 0 atom stereocenters. The van der Waals surface area contributed by atoms with Gasteiger partial charge in [0.1, 0.15) is 5.82 Å². The first-order chi connectivity index (χ1) is 8.84. The van der Waals surface area contributed by atoms with Gasteiger partial charge in [-0.15, -0.1) is 0 Å². The summed E-state index contributed by atoms with van der Waals surface area (Å²) in [6.45, 7) is 6.38. The SMILES string of the molecule is CNc1nc(-c2nccn2C)nc(C(C)(C)C)c1Br. The van der Waals surface area contributed by atoms with E-state index in [1.165, 1.54) is 0 Å². The van der Waals surface area contributed by atoms with E-state index in [0.29, 0.717) is 5.82 Å². The average molecular weight is 324 g/mol. The van der Waals surface area contributed by atoms with Crippen LogP contribution in [0.5, 0.6) is 0 Å². The summed E-state index contributed by atoms with van der Waals surface area (Å²) in [7, 11) is 3.78. The molecular weight excluding hydrogens is 306 g/mol. The lowest BCUT2D eigenvalue weighted by Crippen LogP contribution is -2.17. The van der Waals surface area contributed by atoms with Crippen molar-refractivity contribution in [2.24, 2.45) is 7.05 Å². The number of anilines is 1. The Morgan fingerprint density at radius 1 is 1.26 bits per heavy atom. The molecule has 6 heteroatoms. The zero-order valence-electron chi connectivity index (χ0n) is 11.8. The van der Waals surface area contributed by atoms with Gasteiger partial charge in [-0.2, -0.15) is 0 Å². The van der Waals surface area contributed by atoms with E-state index in [-0.39, 0.29) is 5.41 Å². The van der Waals surface area contributed by atoms with Crippen LogP contribution in [0.1, 0.15) is 26.5 Å². The summed E-state index contributed by atoms with van der Waals surface area (Å²) in [5, 5.41) is 3.09. The minimum Gasteiger partial charge on any atom is -0.372 e. The number of hydrogen-bond acceptors (Lipinski definition) is 4. The Labute approximate surface area is 121 Å². The van der Waals surface area contributed by atoms with Crippen LogP contribution in [0.2, 0.25) is 0 Å². The van der Waals surface area contributed by atoms with Gasteiger partial charge >= 0.3 is 0 Å². The normalized spacial score (nSPS) is 11.7. The molecule has 2 heterocycles. The van der Waals surface area contributed by atoms with Crippen molar-refractivity contribution < 1.29 is 0 Å². The van der Waals surface area contributed by atoms with Gasteiger partial charge in [-0.25, -0.2) is 15.0 Å². The topological polar surface area (TPSA) is 55.6 Å². The highest BCUT2D eigenvalue weighted by molar-refractivity contribution is 9.10. The van der Waals surface area contributed by atoms with E-state index >= 15 is 0 Å². The zero-order chi connectivity index (χ0) is 14.2. The first-order valence-electron chi connectivity index (χ1n) is 6.08. The standard InChI is InChI=1S/C13H18BrN5/c1-13(2,3)9-8(14)10(15-4)18-11(17-9)12-16-6-7-19(12)5/h6-7H,1-5H3,(H,15,17,18). The summed E-state index contributed by atoms with van der Waals surface area (Å²) >= 11 is 3.58. The van der Waals surface area contributed by atoms with Crippen molar-refractivity contribution in [1.82, 2.24) is 19.5 Å². The third-order valence-corrected chi connectivity index (χ3v) is 3.57. The first-order valence-corrected chi connectivity index (χ1v) is 6.87. The molecule has 0 aromatic carbocycles. The van der Waals surface area contributed by atoms with Gasteiger partial charge < -0.3 is 9.88 Å². The Hall–Kier alpha value is -1.43. The third-order valence-electron chi connectivity index (χ3n) is 2.82. The summed E-state index contributed by atoms with van der Waals surface area (Å²) < 4.78 is 2.82. The van der Waals surface area contributed by atoms with Gasteiger partial charge in [-0.3, -0.25) is 0 Å². The van der Waals surface area contributed by atoms with Gasteiger partial charge in [0.15, 0.2) is 11.6 Å². The number of nitrogens with zero attached hydrogens (tertiary/aromatic N) is 4.